The van der Waals surface area contributed by atoms with Crippen LogP contribution in [0, 0.1) is 0 Å². The molecule has 0 bridgehead atoms. The molecular weight excluding hydrogens is 150 g/mol. The molecule has 1 aromatic carbocycles. The third-order valence-electron chi connectivity index (χ3n) is 1.61. The topological polar surface area (TPSA) is 21.3 Å². The van der Waals surface area contributed by atoms with Crippen molar-refractivity contribution in [3.05, 3.63) is 35.8 Å². The van der Waals surface area contributed by atoms with E-state index < -0.39 is 30.7 Å². The van der Waals surface area contributed by atoms with Gasteiger partial charge in [-0.2, -0.15) is 0 Å². The Balaban J connectivity index is 2.41. The first kappa shape index (κ1) is 3.13. The second-order valence-corrected chi connectivity index (χ2v) is 2.40. The van der Waals surface area contributed by atoms with Crippen LogP contribution in [-0.4, -0.2) is 19.6 Å². The quantitative estimate of drug-likeness (QED) is 0.687. The zero-order chi connectivity index (χ0) is 14.4. The van der Waals surface area contributed by atoms with E-state index >= 15 is 0 Å². The van der Waals surface area contributed by atoms with Crippen molar-refractivity contribution in [1.82, 2.24) is 5.32 Å². The third-order valence-corrected chi connectivity index (χ3v) is 1.61. The van der Waals surface area contributed by atoms with E-state index in [1.165, 1.54) is 0 Å². The molecule has 64 valence electrons. The lowest BCUT2D eigenvalue weighted by atomic mass is 10.1. The Morgan fingerprint density at radius 3 is 3.00 bits per heavy atom. The van der Waals surface area contributed by atoms with Crippen molar-refractivity contribution in [2.45, 2.75) is 6.10 Å². The zero-order valence-electron chi connectivity index (χ0n) is 13.4. The van der Waals surface area contributed by atoms with Gasteiger partial charge in [-0.3, -0.25) is 0 Å². The predicted octanol–water partition coefficient (Wildman–Crippen LogP) is 1.35. The average Bonchev–Trinajstić information content (AvgIpc) is 2.36. The van der Waals surface area contributed by atoms with Crippen molar-refractivity contribution < 1.29 is 14.3 Å². The molecule has 1 aliphatic heterocycles. The lowest BCUT2D eigenvalue weighted by Gasteiger charge is -2.23. The smallest absolute Gasteiger partial charge is 0.0949 e. The van der Waals surface area contributed by atoms with Crippen LogP contribution < -0.4 is 5.32 Å². The van der Waals surface area contributed by atoms with Gasteiger partial charge in [-0.1, -0.05) is 30.2 Å². The summed E-state index contributed by atoms with van der Waals surface area (Å²) in [5.74, 6) is 0. The molecule has 12 heavy (non-hydrogen) atoms. The Labute approximate surface area is 82.4 Å². The van der Waals surface area contributed by atoms with Crippen LogP contribution in [0.1, 0.15) is 21.3 Å². The second-order valence-electron chi connectivity index (χ2n) is 2.40. The molecule has 0 radical (unpaired) electrons. The summed E-state index contributed by atoms with van der Waals surface area (Å²) in [4.78, 5) is 0. The molecule has 1 fully saturated rings. The van der Waals surface area contributed by atoms with Crippen molar-refractivity contribution in [2.24, 2.45) is 0 Å². The van der Waals surface area contributed by atoms with Gasteiger partial charge in [-0.05, 0) is 5.56 Å². The molecule has 1 N–H and O–H groups in total. The van der Waals surface area contributed by atoms with Crippen molar-refractivity contribution >= 4 is 0 Å². The first-order valence-electron chi connectivity index (χ1n) is 7.18. The van der Waals surface area contributed by atoms with Gasteiger partial charge in [0.05, 0.1) is 19.6 Å². The van der Waals surface area contributed by atoms with Gasteiger partial charge < -0.3 is 10.1 Å². The third kappa shape index (κ3) is 1.65. The SMILES string of the molecule is [2H]c1c([2H])c([2H])c([C@H]2CNC([2H])([2H])CO2)c([2H])c1[2H]. The molecule has 0 aromatic heterocycles. The maximum absolute atomic E-state index is 7.80. The number of benzene rings is 1. The highest BCUT2D eigenvalue weighted by atomic mass is 16.5. The molecule has 0 aliphatic carbocycles. The number of nitrogens with one attached hydrogen (secondary N) is 1. The Morgan fingerprint density at radius 1 is 1.50 bits per heavy atom. The van der Waals surface area contributed by atoms with Gasteiger partial charge in [0, 0.05) is 15.8 Å². The van der Waals surface area contributed by atoms with Crippen LogP contribution in [0.25, 0.3) is 0 Å². The van der Waals surface area contributed by atoms with E-state index in [9.17, 15) is 0 Å². The normalized spacial score (nSPS) is 36.3. The minimum Gasteiger partial charge on any atom is -0.371 e. The van der Waals surface area contributed by atoms with E-state index in [1.807, 2.05) is 0 Å². The Hall–Kier alpha value is -0.860. The summed E-state index contributed by atoms with van der Waals surface area (Å²) in [6.45, 7) is -1.84. The van der Waals surface area contributed by atoms with Crippen LogP contribution >= 0.6 is 0 Å². The fraction of sp³-hybridized carbons (Fsp3) is 0.400. The lowest BCUT2D eigenvalue weighted by Crippen LogP contribution is -2.33. The highest BCUT2D eigenvalue weighted by Crippen LogP contribution is 2.17. The fourth-order valence-corrected chi connectivity index (χ4v) is 1.02. The Kier molecular flexibility index (Phi) is 0.963. The van der Waals surface area contributed by atoms with Gasteiger partial charge in [0.2, 0.25) is 0 Å². The first-order chi connectivity index (χ1) is 8.74. The molecule has 1 aromatic rings. The molecule has 2 nitrogen and oxygen atoms in total. The molecule has 2 heteroatoms. The Bertz CT molecular complexity index is 480. The largest absolute Gasteiger partial charge is 0.371 e. The predicted molar refractivity (Wildman–Crippen MR) is 48.0 cm³/mol. The molecule has 0 spiro atoms. The van der Waals surface area contributed by atoms with Crippen LogP contribution in [0.5, 0.6) is 0 Å². The second kappa shape index (κ2) is 3.70. The summed E-state index contributed by atoms with van der Waals surface area (Å²) in [6.07, 6.45) is -0.752. The van der Waals surface area contributed by atoms with Crippen LogP contribution in [0.2, 0.25) is 0 Å². The van der Waals surface area contributed by atoms with Crippen LogP contribution in [0.15, 0.2) is 30.2 Å². The van der Waals surface area contributed by atoms with E-state index in [-0.39, 0.29) is 30.8 Å². The zero-order valence-corrected chi connectivity index (χ0v) is 6.40. The average molecular weight is 170 g/mol. The number of rotatable bonds is 1. The molecule has 0 saturated carbocycles. The maximum Gasteiger partial charge on any atom is 0.0949 e. The molecule has 1 heterocycles. The van der Waals surface area contributed by atoms with Gasteiger partial charge in [-0.15, -0.1) is 0 Å². The summed E-state index contributed by atoms with van der Waals surface area (Å²) < 4.78 is 58.4. The summed E-state index contributed by atoms with van der Waals surface area (Å²) in [6, 6.07) is -1.88. The van der Waals surface area contributed by atoms with E-state index in [0.29, 0.717) is 0 Å². The van der Waals surface area contributed by atoms with Gasteiger partial charge >= 0.3 is 0 Å². The highest BCUT2D eigenvalue weighted by Gasteiger charge is 2.14. The van der Waals surface area contributed by atoms with Crippen LogP contribution in [0.4, 0.5) is 0 Å². The van der Waals surface area contributed by atoms with Crippen molar-refractivity contribution in [3.63, 3.8) is 0 Å². The highest BCUT2D eigenvalue weighted by molar-refractivity contribution is 5.18. The molecule has 1 atom stereocenters. The van der Waals surface area contributed by atoms with Gasteiger partial charge in [0.1, 0.15) is 0 Å². The molecular formula is C10H13NO. The Morgan fingerprint density at radius 2 is 2.33 bits per heavy atom. The molecule has 0 amide bonds. The van der Waals surface area contributed by atoms with Gasteiger partial charge in [0.15, 0.2) is 0 Å². The minimum atomic E-state index is -1.66. The molecule has 0 unspecified atom stereocenters. The van der Waals surface area contributed by atoms with Gasteiger partial charge in [-0.25, -0.2) is 0 Å². The summed E-state index contributed by atoms with van der Waals surface area (Å²) >= 11 is 0. The number of morpholine rings is 1. The minimum absolute atomic E-state index is 0.0565. The van der Waals surface area contributed by atoms with E-state index in [0.717, 1.165) is 0 Å². The van der Waals surface area contributed by atoms with Gasteiger partial charge in [0.25, 0.3) is 0 Å². The van der Waals surface area contributed by atoms with Crippen molar-refractivity contribution in [1.29, 1.82) is 0 Å². The molecule has 1 aliphatic rings. The summed E-state index contributed by atoms with van der Waals surface area (Å²) in [5.41, 5.74) is 0.0639. The number of hydrogen-bond acceptors (Lipinski definition) is 2. The summed E-state index contributed by atoms with van der Waals surface area (Å²) in [7, 11) is 0. The van der Waals surface area contributed by atoms with Crippen LogP contribution in [-0.2, 0) is 4.74 Å². The molecule has 1 saturated heterocycles. The van der Waals surface area contributed by atoms with Crippen molar-refractivity contribution in [3.8, 4) is 0 Å². The number of ether oxygens (including phenoxy) is 1. The lowest BCUT2D eigenvalue weighted by molar-refractivity contribution is 0.0277. The fourth-order valence-electron chi connectivity index (χ4n) is 1.02. The van der Waals surface area contributed by atoms with Crippen molar-refractivity contribution in [2.75, 3.05) is 19.6 Å². The van der Waals surface area contributed by atoms with E-state index in [4.69, 9.17) is 14.3 Å². The number of hydrogen-bond donors (Lipinski definition) is 1. The van der Waals surface area contributed by atoms with E-state index in [1.54, 1.807) is 0 Å². The standard InChI is InChI=1S/C10H13NO/c1-2-4-9(5-3-1)10-8-11-6-7-12-10/h1-5,10-11H,6-8H2/t10-/m1/s1/i1D,2D,3D,4D,5D,6D2. The van der Waals surface area contributed by atoms with E-state index in [2.05, 4.69) is 5.32 Å². The summed E-state index contributed by atoms with van der Waals surface area (Å²) in [5, 5.41) is 2.59. The van der Waals surface area contributed by atoms with Crippen LogP contribution in [0.3, 0.4) is 0 Å². The first-order valence-corrected chi connectivity index (χ1v) is 3.68. The molecule has 2 rings (SSSR count). The monoisotopic (exact) mass is 170 g/mol. The maximum atomic E-state index is 7.80.